The fourth-order valence-electron chi connectivity index (χ4n) is 6.26. The predicted molar refractivity (Wildman–Crippen MR) is 162 cm³/mol. The quantitative estimate of drug-likeness (QED) is 0.439. The summed E-state index contributed by atoms with van der Waals surface area (Å²) in [5.41, 5.74) is 1.08. The van der Waals surface area contributed by atoms with Crippen LogP contribution in [0, 0.1) is 23.7 Å². The number of nitrogens with one attached hydrogen (secondary N) is 2. The molecule has 1 spiro atoms. The van der Waals surface area contributed by atoms with Gasteiger partial charge in [0.1, 0.15) is 21.9 Å². The van der Waals surface area contributed by atoms with Crippen molar-refractivity contribution in [3.05, 3.63) is 46.8 Å². The fraction of sp³-hybridized carbons (Fsp3) is 0.581. The van der Waals surface area contributed by atoms with Crippen molar-refractivity contribution in [2.45, 2.75) is 78.1 Å². The van der Waals surface area contributed by atoms with Crippen molar-refractivity contribution in [2.75, 3.05) is 18.1 Å². The smallest absolute Gasteiger partial charge is 0.246 e. The van der Waals surface area contributed by atoms with Gasteiger partial charge in [-0.2, -0.15) is 0 Å². The average molecular weight is 616 g/mol. The Kier molecular flexibility index (Phi) is 8.32. The summed E-state index contributed by atoms with van der Waals surface area (Å²) in [6.45, 7) is 7.94. The van der Waals surface area contributed by atoms with Crippen molar-refractivity contribution in [1.29, 1.82) is 0 Å². The number of nitrogens with zero attached hydrogens (tertiary/aromatic N) is 1. The van der Waals surface area contributed by atoms with E-state index in [-0.39, 0.29) is 54.2 Å². The first-order chi connectivity index (χ1) is 19.7. The maximum Gasteiger partial charge on any atom is 0.246 e. The van der Waals surface area contributed by atoms with Crippen LogP contribution in [0.4, 0.5) is 0 Å². The highest BCUT2D eigenvalue weighted by Gasteiger charge is 2.60. The van der Waals surface area contributed by atoms with Crippen molar-refractivity contribution in [2.24, 2.45) is 16.7 Å². The Balaban J connectivity index is 1.22. The molecule has 3 N–H and O–H groups in total. The van der Waals surface area contributed by atoms with E-state index in [0.717, 1.165) is 11.1 Å². The number of amides is 3. The molecule has 2 saturated heterocycles. The number of carbonyl (C=O) groups is 3. The molecule has 5 rings (SSSR count). The lowest BCUT2D eigenvalue weighted by molar-refractivity contribution is -0.144. The number of rotatable bonds is 7. The molecule has 1 saturated carbocycles. The summed E-state index contributed by atoms with van der Waals surface area (Å²) >= 11 is 1.72. The molecule has 4 atom stereocenters. The van der Waals surface area contributed by atoms with E-state index in [4.69, 9.17) is 0 Å². The molecule has 3 heterocycles. The van der Waals surface area contributed by atoms with Crippen LogP contribution in [0.3, 0.4) is 0 Å². The SMILES string of the molecule is Cc1ccc(-c2ccc(CNC(=O)[C@@H]3C[C@@H](O)CN3C(=O)[C@@H](NC(=O)C3CC34CCS(=O)(=O)CC4)C(C)(C)C)cc2)s1. The lowest BCUT2D eigenvalue weighted by Crippen LogP contribution is -2.58. The topological polar surface area (TPSA) is 133 Å². The normalized spacial score (nSPS) is 25.2. The molecule has 1 aromatic carbocycles. The molecule has 2 aromatic rings. The van der Waals surface area contributed by atoms with Crippen molar-refractivity contribution in [1.82, 2.24) is 15.5 Å². The van der Waals surface area contributed by atoms with Gasteiger partial charge in [0.25, 0.3) is 0 Å². The number of β-amino-alcohol motifs (C(OH)–C–C–N with tert-alkyl or cyclic N) is 1. The summed E-state index contributed by atoms with van der Waals surface area (Å²) in [5.74, 6) is -1.11. The summed E-state index contributed by atoms with van der Waals surface area (Å²) in [7, 11) is -3.04. The molecular weight excluding hydrogens is 574 g/mol. The lowest BCUT2D eigenvalue weighted by atomic mass is 9.85. The zero-order valence-corrected chi connectivity index (χ0v) is 26.3. The number of likely N-dealkylation sites (tertiary alicyclic amines) is 1. The maximum atomic E-state index is 13.9. The highest BCUT2D eigenvalue weighted by molar-refractivity contribution is 7.91. The fourth-order valence-corrected chi connectivity index (χ4v) is 8.77. The number of aryl methyl sites for hydroxylation is 1. The Bertz CT molecular complexity index is 1450. The number of hydrogen-bond acceptors (Lipinski definition) is 7. The zero-order valence-electron chi connectivity index (χ0n) is 24.7. The minimum absolute atomic E-state index is 0.0134. The first-order valence-corrected chi connectivity index (χ1v) is 17.2. The van der Waals surface area contributed by atoms with E-state index in [2.05, 4.69) is 29.7 Å². The van der Waals surface area contributed by atoms with Gasteiger partial charge in [-0.1, -0.05) is 45.0 Å². The molecule has 1 aromatic heterocycles. The predicted octanol–water partition coefficient (Wildman–Crippen LogP) is 3.05. The lowest BCUT2D eigenvalue weighted by Gasteiger charge is -2.35. The van der Waals surface area contributed by atoms with Crippen LogP contribution >= 0.6 is 11.3 Å². The van der Waals surface area contributed by atoms with E-state index in [1.165, 1.54) is 14.7 Å². The second-order valence-corrected chi connectivity index (χ2v) is 16.9. The first kappa shape index (κ1) is 30.7. The number of sulfone groups is 1. The van der Waals surface area contributed by atoms with Crippen molar-refractivity contribution in [3.63, 3.8) is 0 Å². The summed E-state index contributed by atoms with van der Waals surface area (Å²) in [6.07, 6.45) is 0.849. The zero-order chi connectivity index (χ0) is 30.4. The van der Waals surface area contributed by atoms with Gasteiger partial charge in [-0.25, -0.2) is 8.42 Å². The summed E-state index contributed by atoms with van der Waals surface area (Å²) in [4.78, 5) is 44.3. The van der Waals surface area contributed by atoms with Crippen LogP contribution in [0.15, 0.2) is 36.4 Å². The van der Waals surface area contributed by atoms with E-state index in [9.17, 15) is 27.9 Å². The van der Waals surface area contributed by atoms with E-state index in [1.54, 1.807) is 11.3 Å². The molecule has 228 valence electrons. The molecule has 42 heavy (non-hydrogen) atoms. The molecule has 0 radical (unpaired) electrons. The van der Waals surface area contributed by atoms with Crippen LogP contribution in [0.25, 0.3) is 10.4 Å². The Morgan fingerprint density at radius 2 is 1.74 bits per heavy atom. The number of benzene rings is 1. The molecule has 2 aliphatic heterocycles. The van der Waals surface area contributed by atoms with Crippen LogP contribution < -0.4 is 10.6 Å². The maximum absolute atomic E-state index is 13.9. The Hall–Kier alpha value is -2.76. The second-order valence-electron chi connectivity index (χ2n) is 13.3. The van der Waals surface area contributed by atoms with E-state index in [1.807, 2.05) is 45.0 Å². The minimum Gasteiger partial charge on any atom is -0.391 e. The third kappa shape index (κ3) is 6.58. The highest BCUT2D eigenvalue weighted by Crippen LogP contribution is 2.59. The first-order valence-electron chi connectivity index (χ1n) is 14.6. The molecular formula is C31H41N3O6S2. The summed E-state index contributed by atoms with van der Waals surface area (Å²) < 4.78 is 23.8. The van der Waals surface area contributed by atoms with Gasteiger partial charge in [0.15, 0.2) is 0 Å². The number of aliphatic hydroxyl groups is 1. The highest BCUT2D eigenvalue weighted by atomic mass is 32.2. The third-order valence-corrected chi connectivity index (χ3v) is 11.7. The molecule has 11 heteroatoms. The van der Waals surface area contributed by atoms with Crippen molar-refractivity contribution < 1.29 is 27.9 Å². The molecule has 0 bridgehead atoms. The third-order valence-electron chi connectivity index (χ3n) is 9.04. The number of carbonyl (C=O) groups excluding carboxylic acids is 3. The molecule has 9 nitrogen and oxygen atoms in total. The number of thiophene rings is 1. The summed E-state index contributed by atoms with van der Waals surface area (Å²) in [6, 6.07) is 10.4. The van der Waals surface area contributed by atoms with E-state index >= 15 is 0 Å². The number of aliphatic hydroxyl groups excluding tert-OH is 1. The Labute approximate surface area is 252 Å². The van der Waals surface area contributed by atoms with Gasteiger partial charge in [-0.3, -0.25) is 14.4 Å². The Morgan fingerprint density at radius 3 is 2.33 bits per heavy atom. The standard InChI is InChI=1S/C31H41N3O6S2/c1-19-5-10-25(41-19)21-8-6-20(7-9-21)17-32-28(37)24-15-22(35)18-34(24)29(38)26(30(2,3)4)33-27(36)23-16-31(23)11-13-42(39,40)14-12-31/h5-10,22-24,26,35H,11-18H2,1-4H3,(H,32,37)(H,33,36)/t22-,23?,24+,26-/m1/s1. The molecule has 3 aliphatic rings. The van der Waals surface area contributed by atoms with Gasteiger partial charge in [-0.15, -0.1) is 11.3 Å². The average Bonchev–Trinajstić information content (AvgIpc) is 3.22. The van der Waals surface area contributed by atoms with Crippen LogP contribution in [0.5, 0.6) is 0 Å². The van der Waals surface area contributed by atoms with Crippen LogP contribution in [0.1, 0.15) is 56.9 Å². The summed E-state index contributed by atoms with van der Waals surface area (Å²) in [5, 5.41) is 16.3. The molecule has 3 amide bonds. The second kappa shape index (κ2) is 11.4. The Morgan fingerprint density at radius 1 is 1.07 bits per heavy atom. The van der Waals surface area contributed by atoms with Crippen LogP contribution in [0.2, 0.25) is 0 Å². The van der Waals surface area contributed by atoms with Gasteiger partial charge in [0.05, 0.1) is 17.6 Å². The molecule has 1 aliphatic carbocycles. The molecule has 1 unspecified atom stereocenters. The molecule has 3 fully saturated rings. The van der Waals surface area contributed by atoms with Crippen LogP contribution in [-0.2, 0) is 30.8 Å². The minimum atomic E-state index is -3.04. The van der Waals surface area contributed by atoms with E-state index < -0.39 is 39.3 Å². The van der Waals surface area contributed by atoms with E-state index in [0.29, 0.717) is 19.3 Å². The van der Waals surface area contributed by atoms with Gasteiger partial charge < -0.3 is 20.6 Å². The van der Waals surface area contributed by atoms with Crippen molar-refractivity contribution >= 4 is 38.9 Å². The van der Waals surface area contributed by atoms with Crippen LogP contribution in [-0.4, -0.2) is 72.4 Å². The van der Waals surface area contributed by atoms with Gasteiger partial charge >= 0.3 is 0 Å². The largest absolute Gasteiger partial charge is 0.391 e. The number of hydrogen-bond donors (Lipinski definition) is 3. The van der Waals surface area contributed by atoms with Crippen molar-refractivity contribution in [3.8, 4) is 10.4 Å². The van der Waals surface area contributed by atoms with Gasteiger partial charge in [0.2, 0.25) is 17.7 Å². The van der Waals surface area contributed by atoms with Gasteiger partial charge in [0, 0.05) is 35.2 Å². The van der Waals surface area contributed by atoms with Gasteiger partial charge in [-0.05, 0) is 60.3 Å². The monoisotopic (exact) mass is 615 g/mol.